The quantitative estimate of drug-likeness (QED) is 0.910. The Morgan fingerprint density at radius 3 is 3.13 bits per heavy atom. The minimum Gasteiger partial charge on any atom is -0.344 e. The van der Waals surface area contributed by atoms with Crippen molar-refractivity contribution in [3.63, 3.8) is 0 Å². The highest BCUT2D eigenvalue weighted by molar-refractivity contribution is 7.99. The van der Waals surface area contributed by atoms with Crippen LogP contribution in [0.5, 0.6) is 0 Å². The summed E-state index contributed by atoms with van der Waals surface area (Å²) in [6.07, 6.45) is 6.98. The van der Waals surface area contributed by atoms with Crippen molar-refractivity contribution in [1.82, 2.24) is 20.0 Å². The molecule has 2 atom stereocenters. The van der Waals surface area contributed by atoms with E-state index in [4.69, 9.17) is 0 Å². The summed E-state index contributed by atoms with van der Waals surface area (Å²) in [5.74, 6) is 1.91. The maximum Gasteiger partial charge on any atom is 0.245 e. The molecule has 3 heterocycles. The van der Waals surface area contributed by atoms with Crippen LogP contribution in [0.1, 0.15) is 44.2 Å². The van der Waals surface area contributed by atoms with Gasteiger partial charge in [-0.25, -0.2) is 0 Å². The summed E-state index contributed by atoms with van der Waals surface area (Å²) in [5, 5.41) is 7.25. The van der Waals surface area contributed by atoms with E-state index in [1.807, 2.05) is 33.7 Å². The second kappa shape index (κ2) is 7.38. The molecule has 0 aromatic carbocycles. The average Bonchev–Trinajstić information content (AvgIpc) is 2.95. The monoisotopic (exact) mass is 336 g/mol. The van der Waals surface area contributed by atoms with Crippen LogP contribution in [0.4, 0.5) is 0 Å². The van der Waals surface area contributed by atoms with Crippen molar-refractivity contribution in [2.24, 2.45) is 0 Å². The lowest BCUT2D eigenvalue weighted by atomic mass is 10.1. The maximum atomic E-state index is 13.0. The third-order valence-corrected chi connectivity index (χ3v) is 5.58. The van der Waals surface area contributed by atoms with Crippen LogP contribution in [0.25, 0.3) is 0 Å². The van der Waals surface area contributed by atoms with Gasteiger partial charge in [0, 0.05) is 42.8 Å². The molecule has 1 aromatic heterocycles. The number of rotatable bonds is 3. The maximum absolute atomic E-state index is 13.0. The molecule has 0 radical (unpaired) electrons. The molecule has 2 saturated heterocycles. The van der Waals surface area contributed by atoms with E-state index in [1.165, 1.54) is 0 Å². The van der Waals surface area contributed by atoms with E-state index in [1.54, 1.807) is 0 Å². The first-order valence-corrected chi connectivity index (χ1v) is 9.54. The lowest BCUT2D eigenvalue weighted by molar-refractivity contribution is -0.138. The molecule has 2 fully saturated rings. The molecule has 126 valence electrons. The summed E-state index contributed by atoms with van der Waals surface area (Å²) in [6, 6.07) is -0.307. The predicted octanol–water partition coefficient (Wildman–Crippen LogP) is 1.58. The normalized spacial score (nSPS) is 25.8. The van der Waals surface area contributed by atoms with Gasteiger partial charge < -0.3 is 10.2 Å². The van der Waals surface area contributed by atoms with Gasteiger partial charge in [-0.1, -0.05) is 6.42 Å². The zero-order valence-electron chi connectivity index (χ0n) is 13.5. The summed E-state index contributed by atoms with van der Waals surface area (Å²) in [7, 11) is 0. The van der Waals surface area contributed by atoms with Gasteiger partial charge in [-0.2, -0.15) is 16.9 Å². The fourth-order valence-corrected chi connectivity index (χ4v) is 4.31. The summed E-state index contributed by atoms with van der Waals surface area (Å²) in [4.78, 5) is 26.7. The predicted molar refractivity (Wildman–Crippen MR) is 90.1 cm³/mol. The minimum absolute atomic E-state index is 0.00240. The van der Waals surface area contributed by atoms with Gasteiger partial charge in [0.25, 0.3) is 0 Å². The van der Waals surface area contributed by atoms with Crippen molar-refractivity contribution in [3.8, 4) is 0 Å². The molecule has 2 aliphatic rings. The molecular weight excluding hydrogens is 312 g/mol. The molecule has 0 saturated carbocycles. The topological polar surface area (TPSA) is 67.2 Å². The summed E-state index contributed by atoms with van der Waals surface area (Å²) < 4.78 is 1.89. The molecule has 3 rings (SSSR count). The second-order valence-corrected chi connectivity index (χ2v) is 7.27. The Hall–Kier alpha value is -1.50. The first kappa shape index (κ1) is 16.4. The van der Waals surface area contributed by atoms with E-state index in [9.17, 15) is 9.59 Å². The van der Waals surface area contributed by atoms with Gasteiger partial charge >= 0.3 is 0 Å². The number of aryl methyl sites for hydroxylation is 1. The highest BCUT2D eigenvalue weighted by Crippen LogP contribution is 2.30. The number of thioether (sulfide) groups is 1. The number of hydrogen-bond acceptors (Lipinski definition) is 4. The Bertz CT molecular complexity index is 574. The molecule has 2 amide bonds. The van der Waals surface area contributed by atoms with Gasteiger partial charge in [-0.15, -0.1) is 0 Å². The van der Waals surface area contributed by atoms with E-state index >= 15 is 0 Å². The highest BCUT2D eigenvalue weighted by atomic mass is 32.2. The third kappa shape index (κ3) is 3.71. The summed E-state index contributed by atoms with van der Waals surface area (Å²) in [6.45, 7) is 3.61. The molecule has 2 aliphatic heterocycles. The van der Waals surface area contributed by atoms with Gasteiger partial charge in [0.15, 0.2) is 0 Å². The van der Waals surface area contributed by atoms with Gasteiger partial charge in [-0.3, -0.25) is 14.3 Å². The Balaban J connectivity index is 1.77. The molecule has 0 unspecified atom stereocenters. The van der Waals surface area contributed by atoms with E-state index in [0.717, 1.165) is 49.4 Å². The van der Waals surface area contributed by atoms with Crippen molar-refractivity contribution in [2.75, 3.05) is 18.1 Å². The van der Waals surface area contributed by atoms with Gasteiger partial charge in [0.05, 0.1) is 12.2 Å². The number of nitrogens with one attached hydrogen (secondary N) is 1. The van der Waals surface area contributed by atoms with Gasteiger partial charge in [0.2, 0.25) is 11.8 Å². The lowest BCUT2D eigenvalue weighted by Crippen LogP contribution is -2.51. The van der Waals surface area contributed by atoms with E-state index in [2.05, 4.69) is 17.3 Å². The zero-order valence-corrected chi connectivity index (χ0v) is 14.3. The highest BCUT2D eigenvalue weighted by Gasteiger charge is 2.34. The molecule has 7 heteroatoms. The fraction of sp³-hybridized carbons (Fsp3) is 0.688. The largest absolute Gasteiger partial charge is 0.344 e. The molecular formula is C16H24N4O2S. The van der Waals surface area contributed by atoms with Crippen LogP contribution >= 0.6 is 11.8 Å². The molecule has 6 nitrogen and oxygen atoms in total. The number of carbonyl (C=O) groups is 2. The molecule has 0 bridgehead atoms. The smallest absolute Gasteiger partial charge is 0.245 e. The minimum atomic E-state index is -0.364. The van der Waals surface area contributed by atoms with Crippen LogP contribution in [0.15, 0.2) is 12.4 Å². The molecule has 1 aromatic rings. The number of nitrogens with zero attached hydrogens (tertiary/aromatic N) is 3. The SMILES string of the molecule is CCn1cc([C@H]2CSCCN2C(=O)[C@@H]2CCCCC(=O)N2)cn1. The summed E-state index contributed by atoms with van der Waals surface area (Å²) >= 11 is 1.87. The Morgan fingerprint density at radius 1 is 1.48 bits per heavy atom. The Morgan fingerprint density at radius 2 is 2.35 bits per heavy atom. The van der Waals surface area contributed by atoms with Crippen molar-refractivity contribution in [3.05, 3.63) is 18.0 Å². The first-order chi connectivity index (χ1) is 11.2. The zero-order chi connectivity index (χ0) is 16.2. The van der Waals surface area contributed by atoms with Crippen LogP contribution in [0.3, 0.4) is 0 Å². The van der Waals surface area contributed by atoms with Crippen molar-refractivity contribution in [2.45, 2.75) is 51.2 Å². The number of hydrogen-bond donors (Lipinski definition) is 1. The standard InChI is InChI=1S/C16H24N4O2S/c1-2-19-10-12(9-17-19)14-11-23-8-7-20(14)16(22)13-5-3-4-6-15(21)18-13/h9-10,13-14H,2-8,11H2,1H3,(H,18,21)/t13-,14+/m0/s1. The van der Waals surface area contributed by atoms with E-state index in [-0.39, 0.29) is 23.9 Å². The van der Waals surface area contributed by atoms with Crippen LogP contribution in [-0.4, -0.2) is 50.6 Å². The number of carbonyl (C=O) groups excluding carboxylic acids is 2. The van der Waals surface area contributed by atoms with Crippen LogP contribution in [0.2, 0.25) is 0 Å². The van der Waals surface area contributed by atoms with Gasteiger partial charge in [0.1, 0.15) is 6.04 Å². The Kier molecular flexibility index (Phi) is 5.25. The van der Waals surface area contributed by atoms with Crippen molar-refractivity contribution < 1.29 is 9.59 Å². The molecule has 0 spiro atoms. The van der Waals surface area contributed by atoms with Gasteiger partial charge in [-0.05, 0) is 19.8 Å². The number of amides is 2. The fourth-order valence-electron chi connectivity index (χ4n) is 3.23. The van der Waals surface area contributed by atoms with Crippen LogP contribution in [0, 0.1) is 0 Å². The van der Waals surface area contributed by atoms with Crippen LogP contribution in [-0.2, 0) is 16.1 Å². The molecule has 23 heavy (non-hydrogen) atoms. The molecule has 0 aliphatic carbocycles. The van der Waals surface area contributed by atoms with Crippen molar-refractivity contribution >= 4 is 23.6 Å². The first-order valence-electron chi connectivity index (χ1n) is 8.39. The van der Waals surface area contributed by atoms with Crippen molar-refractivity contribution in [1.29, 1.82) is 0 Å². The molecule has 1 N–H and O–H groups in total. The number of aromatic nitrogens is 2. The lowest BCUT2D eigenvalue weighted by Gasteiger charge is -2.37. The van der Waals surface area contributed by atoms with E-state index in [0.29, 0.717) is 6.42 Å². The Labute approximate surface area is 141 Å². The second-order valence-electron chi connectivity index (χ2n) is 6.12. The summed E-state index contributed by atoms with van der Waals surface area (Å²) in [5.41, 5.74) is 1.09. The van der Waals surface area contributed by atoms with E-state index < -0.39 is 0 Å². The van der Waals surface area contributed by atoms with Crippen LogP contribution < -0.4 is 5.32 Å². The third-order valence-electron chi connectivity index (χ3n) is 4.55. The average molecular weight is 336 g/mol.